The van der Waals surface area contributed by atoms with Crippen LogP contribution in [0.3, 0.4) is 0 Å². The van der Waals surface area contributed by atoms with Crippen molar-refractivity contribution in [3.63, 3.8) is 0 Å². The minimum Gasteiger partial charge on any atom is -0.269 e. The number of carbonyl (C=O) groups excluding carboxylic acids is 2. The van der Waals surface area contributed by atoms with E-state index in [0.717, 1.165) is 4.90 Å². The van der Waals surface area contributed by atoms with Crippen LogP contribution in [0.25, 0.3) is 0 Å². The number of para-hydroxylation sites is 2. The molecule has 4 nitrogen and oxygen atoms in total. The van der Waals surface area contributed by atoms with Crippen LogP contribution in [0, 0.1) is 0 Å². The normalized spacial score (nSPS) is 14.1. The zero-order valence-corrected chi connectivity index (χ0v) is 8.90. The second-order valence-electron chi connectivity index (χ2n) is 3.04. The molecule has 0 N–H and O–H groups in total. The monoisotopic (exact) mass is 230 g/mol. The van der Waals surface area contributed by atoms with Gasteiger partial charge in [-0.3, -0.25) is 9.59 Å². The highest BCUT2D eigenvalue weighted by Crippen LogP contribution is 2.29. The Labute approximate surface area is 96.9 Å². The second kappa shape index (κ2) is 4.18. The summed E-state index contributed by atoms with van der Waals surface area (Å²) in [5.74, 6) is -0.756. The highest BCUT2D eigenvalue weighted by molar-refractivity contribution is 7.78. The molecule has 5 heteroatoms. The van der Waals surface area contributed by atoms with Crippen molar-refractivity contribution in [1.82, 2.24) is 0 Å². The molecule has 1 aliphatic heterocycles. The lowest BCUT2D eigenvalue weighted by atomic mass is 10.2. The number of carbonyl (C=O) groups is 2. The second-order valence-corrected chi connectivity index (χ2v) is 3.22. The van der Waals surface area contributed by atoms with Crippen molar-refractivity contribution in [2.24, 2.45) is 4.99 Å². The Morgan fingerprint density at radius 2 is 1.75 bits per heavy atom. The zero-order chi connectivity index (χ0) is 11.5. The first-order valence-electron chi connectivity index (χ1n) is 4.47. The summed E-state index contributed by atoms with van der Waals surface area (Å²) >= 11 is 4.51. The Hall–Kier alpha value is -2.10. The number of aliphatic imine (C=N–C) groups is 1. The van der Waals surface area contributed by atoms with Gasteiger partial charge in [0.1, 0.15) is 0 Å². The molecular formula is C11H6N2O2S. The number of hydrogen-bond acceptors (Lipinski definition) is 4. The molecule has 0 bridgehead atoms. The van der Waals surface area contributed by atoms with Crippen LogP contribution in [0.15, 0.2) is 41.4 Å². The maximum atomic E-state index is 11.5. The van der Waals surface area contributed by atoms with Gasteiger partial charge in [-0.25, -0.2) is 4.90 Å². The summed E-state index contributed by atoms with van der Waals surface area (Å²) in [7, 11) is 0. The van der Waals surface area contributed by atoms with E-state index < -0.39 is 0 Å². The predicted octanol–water partition coefficient (Wildman–Crippen LogP) is 1.85. The summed E-state index contributed by atoms with van der Waals surface area (Å²) in [6.45, 7) is 0. The van der Waals surface area contributed by atoms with Crippen LogP contribution < -0.4 is 4.90 Å². The molecule has 0 aliphatic carbocycles. The molecule has 0 unspecified atom stereocenters. The van der Waals surface area contributed by atoms with Gasteiger partial charge >= 0.3 is 0 Å². The van der Waals surface area contributed by atoms with Crippen LogP contribution in [-0.2, 0) is 9.59 Å². The van der Waals surface area contributed by atoms with Crippen molar-refractivity contribution in [3.05, 3.63) is 36.4 Å². The zero-order valence-electron chi connectivity index (χ0n) is 8.08. The summed E-state index contributed by atoms with van der Waals surface area (Å²) in [4.78, 5) is 27.8. The van der Waals surface area contributed by atoms with E-state index in [-0.39, 0.29) is 11.8 Å². The number of imide groups is 1. The van der Waals surface area contributed by atoms with Gasteiger partial charge in [-0.1, -0.05) is 12.1 Å². The summed E-state index contributed by atoms with van der Waals surface area (Å²) in [6, 6.07) is 6.76. The van der Waals surface area contributed by atoms with Crippen molar-refractivity contribution >= 4 is 40.6 Å². The van der Waals surface area contributed by atoms with Gasteiger partial charge in [0, 0.05) is 12.2 Å². The van der Waals surface area contributed by atoms with Crippen molar-refractivity contribution in [2.45, 2.75) is 0 Å². The minimum absolute atomic E-state index is 0.378. The van der Waals surface area contributed by atoms with Gasteiger partial charge in [0.2, 0.25) is 0 Å². The number of isothiocyanates is 1. The first-order valence-corrected chi connectivity index (χ1v) is 4.88. The van der Waals surface area contributed by atoms with Crippen molar-refractivity contribution in [3.8, 4) is 0 Å². The van der Waals surface area contributed by atoms with Crippen molar-refractivity contribution in [2.75, 3.05) is 4.90 Å². The third kappa shape index (κ3) is 1.69. The molecular weight excluding hydrogens is 224 g/mol. The molecule has 78 valence electrons. The van der Waals surface area contributed by atoms with Crippen molar-refractivity contribution in [1.29, 1.82) is 0 Å². The summed E-state index contributed by atoms with van der Waals surface area (Å²) in [6.07, 6.45) is 2.44. The lowest BCUT2D eigenvalue weighted by Gasteiger charge is -2.15. The number of amides is 2. The van der Waals surface area contributed by atoms with Gasteiger partial charge in [-0.15, -0.1) is 0 Å². The first kappa shape index (κ1) is 10.4. The number of nitrogens with zero attached hydrogens (tertiary/aromatic N) is 2. The maximum absolute atomic E-state index is 11.5. The molecule has 0 saturated carbocycles. The molecule has 0 spiro atoms. The van der Waals surface area contributed by atoms with Crippen LogP contribution in [0.5, 0.6) is 0 Å². The summed E-state index contributed by atoms with van der Waals surface area (Å²) in [5.41, 5.74) is 0.864. The Morgan fingerprint density at radius 3 is 2.38 bits per heavy atom. The molecule has 2 rings (SSSR count). The third-order valence-electron chi connectivity index (χ3n) is 2.10. The largest absolute Gasteiger partial charge is 0.269 e. The van der Waals surface area contributed by atoms with Gasteiger partial charge in [-0.05, 0) is 24.4 Å². The molecule has 0 saturated heterocycles. The topological polar surface area (TPSA) is 49.7 Å². The molecule has 16 heavy (non-hydrogen) atoms. The molecule has 0 fully saturated rings. The van der Waals surface area contributed by atoms with Crippen molar-refractivity contribution < 1.29 is 9.59 Å². The molecule has 1 aromatic rings. The molecule has 1 aliphatic rings. The highest BCUT2D eigenvalue weighted by Gasteiger charge is 2.26. The van der Waals surface area contributed by atoms with Crippen LogP contribution in [0.2, 0.25) is 0 Å². The van der Waals surface area contributed by atoms with E-state index in [1.54, 1.807) is 24.3 Å². The van der Waals surface area contributed by atoms with Crippen LogP contribution >= 0.6 is 12.2 Å². The molecule has 2 amide bonds. The lowest BCUT2D eigenvalue weighted by molar-refractivity contribution is -0.119. The Morgan fingerprint density at radius 1 is 1.12 bits per heavy atom. The SMILES string of the molecule is O=C1C=CC(=O)N1c1ccccc1N=C=S. The fourth-order valence-corrected chi connectivity index (χ4v) is 1.53. The van der Waals surface area contributed by atoms with Crippen LogP contribution in [0.4, 0.5) is 11.4 Å². The predicted molar refractivity (Wildman–Crippen MR) is 62.8 cm³/mol. The van der Waals surface area contributed by atoms with Gasteiger partial charge < -0.3 is 0 Å². The summed E-state index contributed by atoms with van der Waals surface area (Å²) < 4.78 is 0. The van der Waals surface area contributed by atoms with Gasteiger partial charge in [0.05, 0.1) is 16.5 Å². The Kier molecular flexibility index (Phi) is 2.72. The number of rotatable bonds is 2. The fraction of sp³-hybridized carbons (Fsp3) is 0. The highest BCUT2D eigenvalue weighted by atomic mass is 32.1. The minimum atomic E-state index is -0.378. The van der Waals surface area contributed by atoms with E-state index in [0.29, 0.717) is 11.4 Å². The quantitative estimate of drug-likeness (QED) is 0.442. The van der Waals surface area contributed by atoms with E-state index in [4.69, 9.17) is 0 Å². The van der Waals surface area contributed by atoms with E-state index in [1.165, 1.54) is 12.2 Å². The smallest absolute Gasteiger partial charge is 0.258 e. The standard InChI is InChI=1S/C11H6N2O2S/c14-10-5-6-11(15)13(10)9-4-2-1-3-8(9)12-7-16/h1-6H. The van der Waals surface area contributed by atoms with E-state index in [2.05, 4.69) is 22.4 Å². The van der Waals surface area contributed by atoms with E-state index >= 15 is 0 Å². The van der Waals surface area contributed by atoms with E-state index in [1.807, 2.05) is 0 Å². The van der Waals surface area contributed by atoms with Crippen LogP contribution in [-0.4, -0.2) is 17.0 Å². The lowest BCUT2D eigenvalue weighted by Crippen LogP contribution is -2.29. The average Bonchev–Trinajstić information content (AvgIpc) is 2.60. The third-order valence-corrected chi connectivity index (χ3v) is 2.19. The Balaban J connectivity index is 2.52. The number of hydrogen-bond donors (Lipinski definition) is 0. The maximum Gasteiger partial charge on any atom is 0.258 e. The average molecular weight is 230 g/mol. The number of anilines is 1. The van der Waals surface area contributed by atoms with Crippen LogP contribution in [0.1, 0.15) is 0 Å². The van der Waals surface area contributed by atoms with Gasteiger partial charge in [0.15, 0.2) is 0 Å². The molecule has 0 radical (unpaired) electrons. The molecule has 0 atom stereocenters. The first-order chi connectivity index (χ1) is 7.74. The molecule has 1 heterocycles. The van der Waals surface area contributed by atoms with Gasteiger partial charge in [0.25, 0.3) is 11.8 Å². The number of thiocarbonyl (C=S) groups is 1. The number of benzene rings is 1. The van der Waals surface area contributed by atoms with E-state index in [9.17, 15) is 9.59 Å². The fourth-order valence-electron chi connectivity index (χ4n) is 1.43. The molecule has 1 aromatic carbocycles. The summed E-state index contributed by atoms with van der Waals surface area (Å²) in [5, 5.41) is 2.22. The Bertz CT molecular complexity index is 527. The van der Waals surface area contributed by atoms with Gasteiger partial charge in [-0.2, -0.15) is 4.99 Å². The molecule has 0 aromatic heterocycles.